The number of hydrogen-bond donors (Lipinski definition) is 0. The third kappa shape index (κ3) is 4.03. The van der Waals surface area contributed by atoms with Crippen LogP contribution in [0.1, 0.15) is 37.6 Å². The summed E-state index contributed by atoms with van der Waals surface area (Å²) in [6.07, 6.45) is 0.234. The second-order valence-electron chi connectivity index (χ2n) is 3.79. The molecule has 3 heteroatoms. The van der Waals surface area contributed by atoms with Crippen LogP contribution in [0.25, 0.3) is 0 Å². The van der Waals surface area contributed by atoms with E-state index in [1.807, 2.05) is 26.8 Å². The lowest BCUT2D eigenvalue weighted by atomic mass is 10.2. The van der Waals surface area contributed by atoms with E-state index in [0.29, 0.717) is 12.0 Å². The van der Waals surface area contributed by atoms with Crippen molar-refractivity contribution in [1.29, 1.82) is 0 Å². The zero-order chi connectivity index (χ0) is 12.0. The van der Waals surface area contributed by atoms with Crippen LogP contribution in [0.5, 0.6) is 0 Å². The predicted octanol–water partition coefficient (Wildman–Crippen LogP) is 3.00. The monoisotopic (exact) mass is 222 g/mol. The van der Waals surface area contributed by atoms with E-state index in [1.54, 1.807) is 24.3 Å². The molecule has 0 aliphatic carbocycles. The summed E-state index contributed by atoms with van der Waals surface area (Å²) >= 11 is 0. The highest BCUT2D eigenvalue weighted by Crippen LogP contribution is 2.09. The van der Waals surface area contributed by atoms with Gasteiger partial charge in [0.2, 0.25) is 6.29 Å². The second kappa shape index (κ2) is 6.28. The fraction of sp³-hybridized carbons (Fsp3) is 0.462. The summed E-state index contributed by atoms with van der Waals surface area (Å²) in [6.45, 7) is 5.75. The summed E-state index contributed by atoms with van der Waals surface area (Å²) < 4.78 is 10.7. The van der Waals surface area contributed by atoms with Crippen molar-refractivity contribution < 1.29 is 14.3 Å². The summed E-state index contributed by atoms with van der Waals surface area (Å²) in [5.74, 6) is -0.340. The number of hydrogen-bond acceptors (Lipinski definition) is 3. The Bertz CT molecular complexity index is 319. The van der Waals surface area contributed by atoms with E-state index in [0.717, 1.165) is 0 Å². The Morgan fingerprint density at radius 2 is 1.88 bits per heavy atom. The van der Waals surface area contributed by atoms with Gasteiger partial charge in [-0.1, -0.05) is 25.1 Å². The Morgan fingerprint density at radius 3 is 2.38 bits per heavy atom. The van der Waals surface area contributed by atoms with Crippen molar-refractivity contribution in [2.45, 2.75) is 39.6 Å². The third-order valence-corrected chi connectivity index (χ3v) is 2.01. The molecule has 0 radical (unpaired) electrons. The molecular formula is C13H18O3. The predicted molar refractivity (Wildman–Crippen MR) is 62.2 cm³/mol. The van der Waals surface area contributed by atoms with Crippen molar-refractivity contribution >= 4 is 5.97 Å². The van der Waals surface area contributed by atoms with Gasteiger partial charge in [0.05, 0.1) is 11.7 Å². The van der Waals surface area contributed by atoms with E-state index in [-0.39, 0.29) is 12.1 Å². The molecule has 0 aliphatic rings. The van der Waals surface area contributed by atoms with Crippen LogP contribution < -0.4 is 0 Å². The molecular weight excluding hydrogens is 204 g/mol. The maximum Gasteiger partial charge on any atom is 0.340 e. The minimum Gasteiger partial charge on any atom is -0.432 e. The summed E-state index contributed by atoms with van der Waals surface area (Å²) in [5.41, 5.74) is 0.549. The molecule has 0 fully saturated rings. The highest BCUT2D eigenvalue weighted by atomic mass is 16.7. The first-order valence-corrected chi connectivity index (χ1v) is 5.55. The van der Waals surface area contributed by atoms with Crippen molar-refractivity contribution in [1.82, 2.24) is 0 Å². The fourth-order valence-corrected chi connectivity index (χ4v) is 1.27. The zero-order valence-corrected chi connectivity index (χ0v) is 9.97. The van der Waals surface area contributed by atoms with Crippen LogP contribution in [-0.4, -0.2) is 18.4 Å². The van der Waals surface area contributed by atoms with Crippen LogP contribution in [0, 0.1) is 0 Å². The SMILES string of the molecule is CCC(OC(=O)c1ccccc1)OC(C)C. The summed E-state index contributed by atoms with van der Waals surface area (Å²) in [4.78, 5) is 11.7. The lowest BCUT2D eigenvalue weighted by Gasteiger charge is -2.19. The van der Waals surface area contributed by atoms with Gasteiger partial charge in [0, 0.05) is 6.42 Å². The summed E-state index contributed by atoms with van der Waals surface area (Å²) in [7, 11) is 0. The van der Waals surface area contributed by atoms with Crippen LogP contribution in [0.3, 0.4) is 0 Å². The molecule has 1 rings (SSSR count). The van der Waals surface area contributed by atoms with Gasteiger partial charge < -0.3 is 9.47 Å². The quantitative estimate of drug-likeness (QED) is 0.567. The van der Waals surface area contributed by atoms with Crippen molar-refractivity contribution in [3.05, 3.63) is 35.9 Å². The number of carbonyl (C=O) groups is 1. The van der Waals surface area contributed by atoms with Gasteiger partial charge in [0.25, 0.3) is 0 Å². The van der Waals surface area contributed by atoms with Crippen LogP contribution in [0.4, 0.5) is 0 Å². The van der Waals surface area contributed by atoms with Gasteiger partial charge in [-0.3, -0.25) is 0 Å². The van der Waals surface area contributed by atoms with E-state index in [1.165, 1.54) is 0 Å². The number of rotatable bonds is 5. The molecule has 0 N–H and O–H groups in total. The molecule has 0 saturated carbocycles. The van der Waals surface area contributed by atoms with Gasteiger partial charge in [-0.05, 0) is 26.0 Å². The molecule has 1 aromatic carbocycles. The molecule has 0 saturated heterocycles. The molecule has 0 aliphatic heterocycles. The Kier molecular flexibility index (Phi) is 4.99. The summed E-state index contributed by atoms with van der Waals surface area (Å²) in [6, 6.07) is 8.93. The highest BCUT2D eigenvalue weighted by Gasteiger charge is 2.15. The first-order valence-electron chi connectivity index (χ1n) is 5.55. The van der Waals surface area contributed by atoms with Gasteiger partial charge in [-0.15, -0.1) is 0 Å². The first kappa shape index (κ1) is 12.7. The Morgan fingerprint density at radius 1 is 1.25 bits per heavy atom. The Labute approximate surface area is 96.4 Å². The second-order valence-corrected chi connectivity index (χ2v) is 3.79. The van der Waals surface area contributed by atoms with Crippen molar-refractivity contribution in [2.75, 3.05) is 0 Å². The van der Waals surface area contributed by atoms with Gasteiger partial charge >= 0.3 is 5.97 Å². The van der Waals surface area contributed by atoms with Gasteiger partial charge in [0.1, 0.15) is 0 Å². The molecule has 0 amide bonds. The lowest BCUT2D eigenvalue weighted by Crippen LogP contribution is -2.23. The molecule has 16 heavy (non-hydrogen) atoms. The number of benzene rings is 1. The molecule has 0 heterocycles. The van der Waals surface area contributed by atoms with Crippen LogP contribution >= 0.6 is 0 Å². The maximum absolute atomic E-state index is 11.7. The summed E-state index contributed by atoms with van der Waals surface area (Å²) in [5, 5.41) is 0. The minimum absolute atomic E-state index is 0.0496. The van der Waals surface area contributed by atoms with Crippen LogP contribution in [-0.2, 0) is 9.47 Å². The van der Waals surface area contributed by atoms with Crippen LogP contribution in [0.2, 0.25) is 0 Å². The van der Waals surface area contributed by atoms with Crippen molar-refractivity contribution in [3.63, 3.8) is 0 Å². The van der Waals surface area contributed by atoms with Crippen molar-refractivity contribution in [2.24, 2.45) is 0 Å². The smallest absolute Gasteiger partial charge is 0.340 e. The number of ether oxygens (including phenoxy) is 2. The minimum atomic E-state index is -0.465. The molecule has 3 nitrogen and oxygen atoms in total. The molecule has 0 spiro atoms. The van der Waals surface area contributed by atoms with E-state index < -0.39 is 6.29 Å². The van der Waals surface area contributed by atoms with Gasteiger partial charge in [0.15, 0.2) is 0 Å². The fourth-order valence-electron chi connectivity index (χ4n) is 1.27. The van der Waals surface area contributed by atoms with Gasteiger partial charge in [-0.25, -0.2) is 4.79 Å². The van der Waals surface area contributed by atoms with Crippen molar-refractivity contribution in [3.8, 4) is 0 Å². The average Bonchev–Trinajstić information content (AvgIpc) is 2.28. The molecule has 1 unspecified atom stereocenters. The molecule has 0 bridgehead atoms. The molecule has 1 aromatic rings. The highest BCUT2D eigenvalue weighted by molar-refractivity contribution is 5.89. The molecule has 1 atom stereocenters. The largest absolute Gasteiger partial charge is 0.432 e. The van der Waals surface area contributed by atoms with E-state index in [9.17, 15) is 4.79 Å². The first-order chi connectivity index (χ1) is 7.63. The Hall–Kier alpha value is -1.35. The third-order valence-electron chi connectivity index (χ3n) is 2.01. The van der Waals surface area contributed by atoms with Crippen LogP contribution in [0.15, 0.2) is 30.3 Å². The van der Waals surface area contributed by atoms with E-state index in [4.69, 9.17) is 9.47 Å². The topological polar surface area (TPSA) is 35.5 Å². The maximum atomic E-state index is 11.7. The lowest BCUT2D eigenvalue weighted by molar-refractivity contribution is -0.133. The standard InChI is InChI=1S/C13H18O3/c1-4-12(15-10(2)3)16-13(14)11-8-6-5-7-9-11/h5-10,12H,4H2,1-3H3. The zero-order valence-electron chi connectivity index (χ0n) is 9.97. The average molecular weight is 222 g/mol. The molecule has 88 valence electrons. The van der Waals surface area contributed by atoms with Gasteiger partial charge in [-0.2, -0.15) is 0 Å². The molecule has 0 aromatic heterocycles. The Balaban J connectivity index is 2.56. The van der Waals surface area contributed by atoms with E-state index >= 15 is 0 Å². The number of esters is 1. The van der Waals surface area contributed by atoms with E-state index in [2.05, 4.69) is 0 Å². The number of carbonyl (C=O) groups excluding carboxylic acids is 1. The normalized spacial score (nSPS) is 12.5.